The van der Waals surface area contributed by atoms with Gasteiger partial charge in [0, 0.05) is 18.6 Å². The fraction of sp³-hybridized carbons (Fsp3) is 0.400. The number of primary amides is 1. The molecule has 0 atom stereocenters. The van der Waals surface area contributed by atoms with E-state index in [2.05, 4.69) is 6.07 Å². The van der Waals surface area contributed by atoms with Crippen molar-refractivity contribution in [3.8, 4) is 5.75 Å². The van der Waals surface area contributed by atoms with Gasteiger partial charge in [0.1, 0.15) is 5.75 Å². The van der Waals surface area contributed by atoms with E-state index in [-0.39, 0.29) is 5.41 Å². The maximum atomic E-state index is 11.0. The number of carbonyl (C=O) groups is 1. The lowest BCUT2D eigenvalue weighted by molar-refractivity contribution is -0.113. The normalized spacial score (nSPS) is 18.4. The highest BCUT2D eigenvalue weighted by molar-refractivity contribution is 5.86. The van der Waals surface area contributed by atoms with Gasteiger partial charge in [0.05, 0.1) is 7.11 Å². The zero-order valence-corrected chi connectivity index (χ0v) is 11.1. The minimum absolute atomic E-state index is 0.193. The number of hydrogen-bond donors (Lipinski definition) is 1. The summed E-state index contributed by atoms with van der Waals surface area (Å²) in [5.74, 6) is 0.393. The number of allylic oxidation sites excluding steroid dienone is 1. The molecule has 102 valence electrons. The van der Waals surface area contributed by atoms with Gasteiger partial charge in [-0.25, -0.2) is 0 Å². The van der Waals surface area contributed by atoms with E-state index in [0.29, 0.717) is 13.2 Å². The molecule has 1 amide bonds. The van der Waals surface area contributed by atoms with Crippen molar-refractivity contribution in [1.82, 2.24) is 0 Å². The van der Waals surface area contributed by atoms with E-state index < -0.39 is 5.91 Å². The topological polar surface area (TPSA) is 61.5 Å². The lowest BCUT2D eigenvalue weighted by atomic mass is 9.74. The average molecular weight is 261 g/mol. The molecule has 2 N–H and O–H groups in total. The molecule has 19 heavy (non-hydrogen) atoms. The summed E-state index contributed by atoms with van der Waals surface area (Å²) in [6.45, 7) is 1.36. The molecule has 0 aliphatic carbocycles. The number of hydrogen-bond acceptors (Lipinski definition) is 3. The standard InChI is InChI=1S/C15H19NO3/c1-18-13-4-2-3-12(11-13)15(6-5-14(16)17)7-9-19-10-8-15/h2-6,11H,7-10H2,1H3,(H2,16,17)/b6-5-. The number of nitrogens with two attached hydrogens (primary N) is 1. The zero-order chi connectivity index (χ0) is 13.7. The SMILES string of the molecule is COc1cccc(C2(/C=C\C(N)=O)CCOCC2)c1. The number of benzene rings is 1. The van der Waals surface area contributed by atoms with Crippen LogP contribution in [-0.4, -0.2) is 26.2 Å². The van der Waals surface area contributed by atoms with E-state index in [1.807, 2.05) is 24.3 Å². The van der Waals surface area contributed by atoms with Crippen LogP contribution in [0.5, 0.6) is 5.75 Å². The molecule has 1 aromatic carbocycles. The molecule has 0 radical (unpaired) electrons. The molecular formula is C15H19NO3. The van der Waals surface area contributed by atoms with Crippen LogP contribution in [0, 0.1) is 0 Å². The van der Waals surface area contributed by atoms with Crippen molar-refractivity contribution in [2.24, 2.45) is 5.73 Å². The third-order valence-corrected chi connectivity index (χ3v) is 3.60. The van der Waals surface area contributed by atoms with Gasteiger partial charge in [-0.1, -0.05) is 18.2 Å². The maximum Gasteiger partial charge on any atom is 0.241 e. The van der Waals surface area contributed by atoms with Gasteiger partial charge in [-0.15, -0.1) is 0 Å². The van der Waals surface area contributed by atoms with Crippen LogP contribution in [0.2, 0.25) is 0 Å². The highest BCUT2D eigenvalue weighted by atomic mass is 16.5. The van der Waals surface area contributed by atoms with Crippen molar-refractivity contribution in [2.45, 2.75) is 18.3 Å². The highest BCUT2D eigenvalue weighted by Crippen LogP contribution is 2.37. The van der Waals surface area contributed by atoms with E-state index in [9.17, 15) is 4.79 Å². The van der Waals surface area contributed by atoms with Gasteiger partial charge in [-0.3, -0.25) is 4.79 Å². The molecule has 4 heteroatoms. The van der Waals surface area contributed by atoms with Gasteiger partial charge < -0.3 is 15.2 Å². The summed E-state index contributed by atoms with van der Waals surface area (Å²) in [6, 6.07) is 7.94. The van der Waals surface area contributed by atoms with Crippen LogP contribution in [0.15, 0.2) is 36.4 Å². The summed E-state index contributed by atoms with van der Waals surface area (Å²) < 4.78 is 10.7. The van der Waals surface area contributed by atoms with Gasteiger partial charge in [0.2, 0.25) is 5.91 Å². The Balaban J connectivity index is 2.38. The molecule has 0 aromatic heterocycles. The highest BCUT2D eigenvalue weighted by Gasteiger charge is 2.32. The molecule has 0 bridgehead atoms. The van der Waals surface area contributed by atoms with Crippen LogP contribution in [-0.2, 0) is 14.9 Å². The second-order valence-electron chi connectivity index (χ2n) is 4.74. The summed E-state index contributed by atoms with van der Waals surface area (Å²) in [4.78, 5) is 11.0. The first-order valence-electron chi connectivity index (χ1n) is 6.37. The van der Waals surface area contributed by atoms with Gasteiger partial charge >= 0.3 is 0 Å². The van der Waals surface area contributed by atoms with E-state index in [1.54, 1.807) is 7.11 Å². The van der Waals surface area contributed by atoms with Gasteiger partial charge in [0.25, 0.3) is 0 Å². The summed E-state index contributed by atoms with van der Waals surface area (Å²) in [7, 11) is 1.65. The third-order valence-electron chi connectivity index (χ3n) is 3.60. The molecule has 1 aliphatic heterocycles. The van der Waals surface area contributed by atoms with Crippen molar-refractivity contribution < 1.29 is 14.3 Å². The Morgan fingerprint density at radius 1 is 1.42 bits per heavy atom. The van der Waals surface area contributed by atoms with Gasteiger partial charge in [-0.05, 0) is 36.6 Å². The van der Waals surface area contributed by atoms with E-state index >= 15 is 0 Å². The maximum absolute atomic E-state index is 11.0. The molecule has 1 aromatic rings. The average Bonchev–Trinajstić information content (AvgIpc) is 2.46. The Labute approximate surface area is 113 Å². The zero-order valence-electron chi connectivity index (χ0n) is 11.1. The lowest BCUT2D eigenvalue weighted by Gasteiger charge is -2.35. The molecule has 1 fully saturated rings. The van der Waals surface area contributed by atoms with Crippen molar-refractivity contribution >= 4 is 5.91 Å². The van der Waals surface area contributed by atoms with Gasteiger partial charge in [-0.2, -0.15) is 0 Å². The fourth-order valence-electron chi connectivity index (χ4n) is 2.46. The Bertz CT molecular complexity index is 476. The Hall–Kier alpha value is -1.81. The summed E-state index contributed by atoms with van der Waals surface area (Å²) in [6.07, 6.45) is 5.03. The predicted molar refractivity (Wildman–Crippen MR) is 73.1 cm³/mol. The number of carbonyl (C=O) groups excluding carboxylic acids is 1. The molecule has 4 nitrogen and oxygen atoms in total. The van der Waals surface area contributed by atoms with Crippen LogP contribution in [0.1, 0.15) is 18.4 Å². The number of methoxy groups -OCH3 is 1. The quantitative estimate of drug-likeness (QED) is 0.840. The molecule has 0 unspecified atom stereocenters. The summed E-state index contributed by atoms with van der Waals surface area (Å²) >= 11 is 0. The summed E-state index contributed by atoms with van der Waals surface area (Å²) in [5, 5.41) is 0. The smallest absolute Gasteiger partial charge is 0.241 e. The third kappa shape index (κ3) is 3.15. The molecule has 0 spiro atoms. The minimum atomic E-state index is -0.422. The van der Waals surface area contributed by atoms with Crippen molar-refractivity contribution in [3.05, 3.63) is 42.0 Å². The second-order valence-corrected chi connectivity index (χ2v) is 4.74. The van der Waals surface area contributed by atoms with Crippen LogP contribution in [0.4, 0.5) is 0 Å². The Morgan fingerprint density at radius 2 is 2.16 bits per heavy atom. The van der Waals surface area contributed by atoms with Crippen molar-refractivity contribution in [2.75, 3.05) is 20.3 Å². The summed E-state index contributed by atoms with van der Waals surface area (Å²) in [5.41, 5.74) is 6.16. The van der Waals surface area contributed by atoms with Crippen LogP contribution < -0.4 is 10.5 Å². The van der Waals surface area contributed by atoms with E-state index in [4.69, 9.17) is 15.2 Å². The molecule has 2 rings (SSSR count). The van der Waals surface area contributed by atoms with Crippen LogP contribution >= 0.6 is 0 Å². The van der Waals surface area contributed by atoms with Crippen molar-refractivity contribution in [3.63, 3.8) is 0 Å². The number of amides is 1. The lowest BCUT2D eigenvalue weighted by Crippen LogP contribution is -2.32. The number of ether oxygens (including phenoxy) is 2. The molecule has 0 saturated carbocycles. The first kappa shape index (κ1) is 13.6. The van der Waals surface area contributed by atoms with Crippen molar-refractivity contribution in [1.29, 1.82) is 0 Å². The molecule has 1 saturated heterocycles. The monoisotopic (exact) mass is 261 g/mol. The first-order valence-corrected chi connectivity index (χ1v) is 6.37. The predicted octanol–water partition coefficient (Wildman–Crippen LogP) is 1.78. The van der Waals surface area contributed by atoms with E-state index in [0.717, 1.165) is 24.2 Å². The number of rotatable bonds is 4. The Morgan fingerprint density at radius 3 is 2.79 bits per heavy atom. The second kappa shape index (κ2) is 5.89. The molecule has 1 heterocycles. The molecular weight excluding hydrogens is 242 g/mol. The fourth-order valence-corrected chi connectivity index (χ4v) is 2.46. The minimum Gasteiger partial charge on any atom is -0.497 e. The molecule has 1 aliphatic rings. The van der Waals surface area contributed by atoms with Crippen LogP contribution in [0.25, 0.3) is 0 Å². The van der Waals surface area contributed by atoms with Gasteiger partial charge in [0.15, 0.2) is 0 Å². The van der Waals surface area contributed by atoms with Crippen LogP contribution in [0.3, 0.4) is 0 Å². The first-order chi connectivity index (χ1) is 9.16. The Kier molecular flexibility index (Phi) is 4.22. The largest absolute Gasteiger partial charge is 0.497 e. The van der Waals surface area contributed by atoms with E-state index in [1.165, 1.54) is 6.08 Å².